The first kappa shape index (κ1) is 10.5. The fraction of sp³-hybridized carbons (Fsp3) is 0. The van der Waals surface area contributed by atoms with Gasteiger partial charge in [-0.05, 0) is 40.1 Å². The molecule has 0 spiro atoms. The van der Waals surface area contributed by atoms with E-state index in [-0.39, 0.29) is 0 Å². The Hall–Kier alpha value is -1.60. The minimum Gasteiger partial charge on any atom is -0.0622 e. The van der Waals surface area contributed by atoms with Crippen molar-refractivity contribution < 1.29 is 0 Å². The highest BCUT2D eigenvalue weighted by Crippen LogP contribution is 2.26. The molecule has 0 saturated carbocycles. The summed E-state index contributed by atoms with van der Waals surface area (Å²) in [6.45, 7) is 0. The molecule has 0 nitrogen and oxygen atoms in total. The summed E-state index contributed by atoms with van der Waals surface area (Å²) in [6, 6.07) is 23.4. The van der Waals surface area contributed by atoms with Crippen molar-refractivity contribution in [2.75, 3.05) is 0 Å². The summed E-state index contributed by atoms with van der Waals surface area (Å²) in [5.41, 5.74) is 2.53. The van der Waals surface area contributed by atoms with E-state index < -0.39 is 0 Å². The minimum atomic E-state index is 1.12. The molecule has 0 aromatic heterocycles. The van der Waals surface area contributed by atoms with Crippen molar-refractivity contribution in [1.29, 1.82) is 0 Å². The van der Waals surface area contributed by atoms with Gasteiger partial charge < -0.3 is 0 Å². The third-order valence-electron chi connectivity index (χ3n) is 2.91. The molecular formula is C16H11Br. The molecule has 0 aliphatic heterocycles. The summed E-state index contributed by atoms with van der Waals surface area (Å²) in [5, 5.41) is 2.54. The van der Waals surface area contributed by atoms with Crippen LogP contribution in [0.3, 0.4) is 0 Å². The predicted octanol–water partition coefficient (Wildman–Crippen LogP) is 5.27. The molecule has 0 unspecified atom stereocenters. The Labute approximate surface area is 109 Å². The standard InChI is InChI=1S/C16H11Br/c17-16-9-8-14-10-13(6-7-15(14)11-16)12-4-2-1-3-5-12/h1-11H. The lowest BCUT2D eigenvalue weighted by Gasteiger charge is -2.04. The lowest BCUT2D eigenvalue weighted by molar-refractivity contribution is 1.64. The van der Waals surface area contributed by atoms with Crippen molar-refractivity contribution in [3.63, 3.8) is 0 Å². The van der Waals surface area contributed by atoms with Gasteiger partial charge in [-0.1, -0.05) is 64.5 Å². The van der Waals surface area contributed by atoms with E-state index in [0.717, 1.165) is 4.47 Å². The first-order chi connectivity index (χ1) is 8.33. The van der Waals surface area contributed by atoms with Crippen molar-refractivity contribution in [3.8, 4) is 11.1 Å². The summed E-state index contributed by atoms with van der Waals surface area (Å²) < 4.78 is 1.12. The molecule has 0 amide bonds. The van der Waals surface area contributed by atoms with Crippen molar-refractivity contribution in [2.45, 2.75) is 0 Å². The summed E-state index contributed by atoms with van der Waals surface area (Å²) in [5.74, 6) is 0. The number of hydrogen-bond donors (Lipinski definition) is 0. The SMILES string of the molecule is Brc1ccc2cc(-c3ccccc3)ccc2c1. The van der Waals surface area contributed by atoms with Gasteiger partial charge in [-0.25, -0.2) is 0 Å². The molecule has 0 aliphatic carbocycles. The van der Waals surface area contributed by atoms with Crippen molar-refractivity contribution in [3.05, 3.63) is 71.2 Å². The van der Waals surface area contributed by atoms with Gasteiger partial charge in [0.1, 0.15) is 0 Å². The molecule has 0 radical (unpaired) electrons. The fourth-order valence-corrected chi connectivity index (χ4v) is 2.41. The summed E-state index contributed by atoms with van der Waals surface area (Å²) in [4.78, 5) is 0. The maximum Gasteiger partial charge on any atom is 0.0181 e. The molecule has 3 aromatic carbocycles. The maximum atomic E-state index is 3.50. The highest BCUT2D eigenvalue weighted by molar-refractivity contribution is 9.10. The number of fused-ring (bicyclic) bond motifs is 1. The van der Waals surface area contributed by atoms with E-state index >= 15 is 0 Å². The van der Waals surface area contributed by atoms with Crippen LogP contribution in [0.1, 0.15) is 0 Å². The van der Waals surface area contributed by atoms with E-state index in [1.165, 1.54) is 21.9 Å². The van der Waals surface area contributed by atoms with Gasteiger partial charge in [-0.15, -0.1) is 0 Å². The number of rotatable bonds is 1. The van der Waals surface area contributed by atoms with Gasteiger partial charge >= 0.3 is 0 Å². The molecule has 0 aliphatic rings. The topological polar surface area (TPSA) is 0 Å². The van der Waals surface area contributed by atoms with Crippen LogP contribution in [0.5, 0.6) is 0 Å². The average molecular weight is 283 g/mol. The number of benzene rings is 3. The Morgan fingerprint density at radius 3 is 2.12 bits per heavy atom. The van der Waals surface area contributed by atoms with Crippen LogP contribution in [0.25, 0.3) is 21.9 Å². The van der Waals surface area contributed by atoms with Gasteiger partial charge in [-0.2, -0.15) is 0 Å². The van der Waals surface area contributed by atoms with Crippen LogP contribution >= 0.6 is 15.9 Å². The second-order valence-electron chi connectivity index (χ2n) is 4.07. The lowest BCUT2D eigenvalue weighted by atomic mass is 10.0. The first-order valence-electron chi connectivity index (χ1n) is 5.58. The Kier molecular flexibility index (Phi) is 2.69. The molecule has 0 atom stereocenters. The van der Waals surface area contributed by atoms with Gasteiger partial charge in [-0.3, -0.25) is 0 Å². The van der Waals surface area contributed by atoms with Crippen LogP contribution in [-0.4, -0.2) is 0 Å². The zero-order valence-electron chi connectivity index (χ0n) is 9.23. The van der Waals surface area contributed by atoms with E-state index in [4.69, 9.17) is 0 Å². The normalized spacial score (nSPS) is 10.6. The Morgan fingerprint density at radius 2 is 1.29 bits per heavy atom. The highest BCUT2D eigenvalue weighted by Gasteiger charge is 1.99. The monoisotopic (exact) mass is 282 g/mol. The van der Waals surface area contributed by atoms with E-state index in [9.17, 15) is 0 Å². The Bertz CT molecular complexity index is 657. The first-order valence-corrected chi connectivity index (χ1v) is 6.37. The molecule has 17 heavy (non-hydrogen) atoms. The van der Waals surface area contributed by atoms with Gasteiger partial charge in [0.2, 0.25) is 0 Å². The quantitative estimate of drug-likeness (QED) is 0.570. The van der Waals surface area contributed by atoms with E-state index in [0.29, 0.717) is 0 Å². The minimum absolute atomic E-state index is 1.12. The van der Waals surface area contributed by atoms with Gasteiger partial charge in [0, 0.05) is 4.47 Å². The third kappa shape index (κ3) is 2.11. The van der Waals surface area contributed by atoms with Crippen molar-refractivity contribution >= 4 is 26.7 Å². The molecule has 0 heterocycles. The zero-order chi connectivity index (χ0) is 11.7. The third-order valence-corrected chi connectivity index (χ3v) is 3.40. The summed E-state index contributed by atoms with van der Waals surface area (Å²) in [6.07, 6.45) is 0. The molecule has 1 heteroatoms. The average Bonchev–Trinajstić information content (AvgIpc) is 2.39. The van der Waals surface area contributed by atoms with Crippen LogP contribution in [0.15, 0.2) is 71.2 Å². The van der Waals surface area contributed by atoms with Crippen LogP contribution in [0.4, 0.5) is 0 Å². The molecule has 0 N–H and O–H groups in total. The van der Waals surface area contributed by atoms with E-state index in [1.807, 2.05) is 6.07 Å². The van der Waals surface area contributed by atoms with Gasteiger partial charge in [0.15, 0.2) is 0 Å². The van der Waals surface area contributed by atoms with Crippen LogP contribution in [-0.2, 0) is 0 Å². The molecular weight excluding hydrogens is 272 g/mol. The van der Waals surface area contributed by atoms with Gasteiger partial charge in [0.25, 0.3) is 0 Å². The summed E-state index contributed by atoms with van der Waals surface area (Å²) in [7, 11) is 0. The largest absolute Gasteiger partial charge is 0.0622 e. The zero-order valence-corrected chi connectivity index (χ0v) is 10.8. The van der Waals surface area contributed by atoms with Crippen LogP contribution in [0.2, 0.25) is 0 Å². The number of hydrogen-bond acceptors (Lipinski definition) is 0. The Morgan fingerprint density at radius 1 is 0.588 bits per heavy atom. The number of halogens is 1. The molecule has 0 bridgehead atoms. The van der Waals surface area contributed by atoms with Crippen molar-refractivity contribution in [1.82, 2.24) is 0 Å². The predicted molar refractivity (Wildman–Crippen MR) is 77.1 cm³/mol. The van der Waals surface area contributed by atoms with E-state index in [1.54, 1.807) is 0 Å². The van der Waals surface area contributed by atoms with Crippen LogP contribution < -0.4 is 0 Å². The van der Waals surface area contributed by atoms with Gasteiger partial charge in [0.05, 0.1) is 0 Å². The summed E-state index contributed by atoms with van der Waals surface area (Å²) >= 11 is 3.50. The smallest absolute Gasteiger partial charge is 0.0181 e. The maximum absolute atomic E-state index is 3.50. The Balaban J connectivity index is 2.17. The molecule has 3 aromatic rings. The molecule has 0 saturated heterocycles. The van der Waals surface area contributed by atoms with E-state index in [2.05, 4.69) is 76.6 Å². The molecule has 82 valence electrons. The lowest BCUT2D eigenvalue weighted by Crippen LogP contribution is -1.78. The second-order valence-corrected chi connectivity index (χ2v) is 4.99. The fourth-order valence-electron chi connectivity index (χ4n) is 2.03. The molecule has 3 rings (SSSR count). The van der Waals surface area contributed by atoms with Crippen LogP contribution in [0, 0.1) is 0 Å². The second kappa shape index (κ2) is 4.34. The van der Waals surface area contributed by atoms with Crippen molar-refractivity contribution in [2.24, 2.45) is 0 Å². The molecule has 0 fully saturated rings. The highest BCUT2D eigenvalue weighted by atomic mass is 79.9.